The lowest BCUT2D eigenvalue weighted by molar-refractivity contribution is -0.357. The maximum absolute atomic E-state index is 12.9. The van der Waals surface area contributed by atoms with E-state index in [1.807, 2.05) is 121 Å². The molecule has 0 spiro atoms. The molecule has 4 N–H and O–H groups in total. The monoisotopic (exact) mass is 743 g/mol. The number of carbonyl (C=O) groups is 1. The van der Waals surface area contributed by atoms with Gasteiger partial charge in [0, 0.05) is 6.92 Å². The second-order valence-electron chi connectivity index (χ2n) is 13.3. The lowest BCUT2D eigenvalue weighted by Gasteiger charge is -2.49. The molecule has 2 fully saturated rings. The molecule has 4 aromatic rings. The first-order valence-corrected chi connectivity index (χ1v) is 18.2. The predicted octanol–water partition coefficient (Wildman–Crippen LogP) is 3.64. The number of carbonyl (C=O) groups excluding carboxylic acids is 1. The summed E-state index contributed by atoms with van der Waals surface area (Å²) < 4.78 is 44.9. The van der Waals surface area contributed by atoms with Crippen molar-refractivity contribution in [2.45, 2.75) is 94.7 Å². The number of aliphatic hydroxyl groups is 3. The van der Waals surface area contributed by atoms with Crippen LogP contribution in [0.4, 0.5) is 0 Å². The van der Waals surface area contributed by atoms with Gasteiger partial charge in [-0.15, -0.1) is 0 Å². The van der Waals surface area contributed by atoms with Crippen molar-refractivity contribution in [2.75, 3.05) is 13.2 Å². The molecular weight excluding hydrogens is 694 g/mol. The third-order valence-electron chi connectivity index (χ3n) is 9.42. The molecule has 2 aliphatic rings. The molecule has 0 unspecified atom stereocenters. The smallest absolute Gasteiger partial charge is 0.217 e. The molecule has 2 saturated heterocycles. The van der Waals surface area contributed by atoms with Crippen LogP contribution in [0.3, 0.4) is 0 Å². The van der Waals surface area contributed by atoms with E-state index in [0.717, 1.165) is 22.3 Å². The molecule has 0 saturated carbocycles. The largest absolute Gasteiger partial charge is 0.394 e. The SMILES string of the molecule is CC(=O)N[C@H]1[C@H](O[C@@H]2[C@@H](OCc3ccccc3)[C@H](O)O[C@H](CO)[C@@H]2OCc2ccccc2)O[C@H](CO)[C@@H](OCc2ccccc2)[C@@H]1OCc1ccccc1. The van der Waals surface area contributed by atoms with Crippen molar-refractivity contribution < 1.29 is 53.3 Å². The molecule has 54 heavy (non-hydrogen) atoms. The Balaban J connectivity index is 1.34. The Morgan fingerprint density at radius 2 is 0.926 bits per heavy atom. The summed E-state index contributed by atoms with van der Waals surface area (Å²) in [4.78, 5) is 12.9. The van der Waals surface area contributed by atoms with Gasteiger partial charge in [0.1, 0.15) is 48.8 Å². The van der Waals surface area contributed by atoms with Gasteiger partial charge in [-0.1, -0.05) is 121 Å². The summed E-state index contributed by atoms with van der Waals surface area (Å²) in [5, 5.41) is 35.6. The highest BCUT2D eigenvalue weighted by atomic mass is 16.7. The Kier molecular flexibility index (Phi) is 14.7. The highest BCUT2D eigenvalue weighted by molar-refractivity contribution is 5.73. The van der Waals surface area contributed by atoms with Gasteiger partial charge in [-0.05, 0) is 22.3 Å². The van der Waals surface area contributed by atoms with Crippen LogP contribution >= 0.6 is 0 Å². The van der Waals surface area contributed by atoms with Gasteiger partial charge in [0.05, 0.1) is 39.6 Å². The molecule has 288 valence electrons. The topological polar surface area (TPSA) is 154 Å². The number of rotatable bonds is 17. The maximum Gasteiger partial charge on any atom is 0.217 e. The molecule has 6 rings (SSSR count). The summed E-state index contributed by atoms with van der Waals surface area (Å²) in [5.41, 5.74) is 3.48. The number of ether oxygens (including phenoxy) is 7. The molecule has 12 heteroatoms. The van der Waals surface area contributed by atoms with Crippen LogP contribution in [0.25, 0.3) is 0 Å². The Morgan fingerprint density at radius 1 is 0.556 bits per heavy atom. The van der Waals surface area contributed by atoms with Crippen molar-refractivity contribution in [2.24, 2.45) is 0 Å². The second-order valence-corrected chi connectivity index (χ2v) is 13.3. The molecule has 0 aromatic heterocycles. The van der Waals surface area contributed by atoms with Gasteiger partial charge in [0.2, 0.25) is 5.91 Å². The average Bonchev–Trinajstić information content (AvgIpc) is 3.20. The van der Waals surface area contributed by atoms with E-state index in [4.69, 9.17) is 33.2 Å². The van der Waals surface area contributed by atoms with Crippen LogP contribution in [0, 0.1) is 0 Å². The summed E-state index contributed by atoms with van der Waals surface area (Å²) in [6, 6.07) is 37.0. The second kappa shape index (κ2) is 20.0. The zero-order valence-electron chi connectivity index (χ0n) is 30.2. The fraction of sp³-hybridized carbons (Fsp3) is 0.405. The molecule has 0 bridgehead atoms. The highest BCUT2D eigenvalue weighted by Gasteiger charge is 2.53. The molecule has 12 nitrogen and oxygen atoms in total. The molecule has 4 aromatic carbocycles. The number of nitrogens with one attached hydrogen (secondary N) is 1. The summed E-state index contributed by atoms with van der Waals surface area (Å²) >= 11 is 0. The van der Waals surface area contributed by atoms with Crippen LogP contribution in [0.5, 0.6) is 0 Å². The van der Waals surface area contributed by atoms with E-state index in [1.54, 1.807) is 0 Å². The lowest BCUT2D eigenvalue weighted by Crippen LogP contribution is -2.68. The minimum Gasteiger partial charge on any atom is -0.394 e. The van der Waals surface area contributed by atoms with E-state index in [2.05, 4.69) is 5.32 Å². The molecule has 2 heterocycles. The fourth-order valence-electron chi connectivity index (χ4n) is 6.75. The van der Waals surface area contributed by atoms with E-state index >= 15 is 0 Å². The van der Waals surface area contributed by atoms with E-state index in [1.165, 1.54) is 6.92 Å². The molecule has 0 aliphatic carbocycles. The first-order valence-electron chi connectivity index (χ1n) is 18.2. The lowest BCUT2D eigenvalue weighted by atomic mass is 9.94. The number of hydrogen-bond acceptors (Lipinski definition) is 11. The van der Waals surface area contributed by atoms with Crippen molar-refractivity contribution in [1.29, 1.82) is 0 Å². The zero-order valence-corrected chi connectivity index (χ0v) is 30.2. The Morgan fingerprint density at radius 3 is 1.33 bits per heavy atom. The van der Waals surface area contributed by atoms with Gasteiger partial charge < -0.3 is 53.8 Å². The van der Waals surface area contributed by atoms with E-state index < -0.39 is 74.6 Å². The predicted molar refractivity (Wildman–Crippen MR) is 196 cm³/mol. The van der Waals surface area contributed by atoms with E-state index in [9.17, 15) is 20.1 Å². The number of benzene rings is 4. The number of hydrogen-bond donors (Lipinski definition) is 4. The zero-order chi connectivity index (χ0) is 37.7. The molecular formula is C42H49NO11. The van der Waals surface area contributed by atoms with Crippen LogP contribution in [-0.4, -0.2) is 95.8 Å². The van der Waals surface area contributed by atoms with Crippen molar-refractivity contribution in [1.82, 2.24) is 5.32 Å². The third-order valence-corrected chi connectivity index (χ3v) is 9.42. The maximum atomic E-state index is 12.9. The van der Waals surface area contributed by atoms with Gasteiger partial charge in [0.25, 0.3) is 0 Å². The highest BCUT2D eigenvalue weighted by Crippen LogP contribution is 2.34. The van der Waals surface area contributed by atoms with E-state index in [-0.39, 0.29) is 32.3 Å². The standard InChI is InChI=1S/C42H49NO11/c1-28(46)43-35-38(50-26-31-18-10-4-11-19-31)36(48-24-29-14-6-2-7-15-29)34(23-45)53-42(35)54-39-37(49-25-30-16-8-3-9-17-30)33(22-44)52-41(47)40(39)51-27-32-20-12-5-13-21-32/h2-21,33-42,44-45,47H,22-27H2,1H3,(H,43,46)/t33-,34-,35-,36-,37+,38-,39+,40-,41-,42+/m1/s1. The average molecular weight is 744 g/mol. The Bertz CT molecular complexity index is 1670. The summed E-state index contributed by atoms with van der Waals surface area (Å²) in [6.45, 7) is 0.982. The van der Waals surface area contributed by atoms with Crippen molar-refractivity contribution >= 4 is 5.91 Å². The summed E-state index contributed by atoms with van der Waals surface area (Å²) in [6.07, 6.45) is -9.77. The minimum absolute atomic E-state index is 0.0963. The minimum atomic E-state index is -1.53. The van der Waals surface area contributed by atoms with Crippen molar-refractivity contribution in [3.05, 3.63) is 144 Å². The first kappa shape index (κ1) is 39.6. The summed E-state index contributed by atoms with van der Waals surface area (Å²) in [7, 11) is 0. The van der Waals surface area contributed by atoms with Gasteiger partial charge in [-0.25, -0.2) is 0 Å². The van der Waals surface area contributed by atoms with Gasteiger partial charge in [0.15, 0.2) is 12.6 Å². The van der Waals surface area contributed by atoms with Crippen LogP contribution in [0.2, 0.25) is 0 Å². The Hall–Kier alpha value is -4.05. The van der Waals surface area contributed by atoms with Gasteiger partial charge in [-0.3, -0.25) is 4.79 Å². The summed E-state index contributed by atoms with van der Waals surface area (Å²) in [5.74, 6) is -0.385. The van der Waals surface area contributed by atoms with Gasteiger partial charge in [-0.2, -0.15) is 0 Å². The van der Waals surface area contributed by atoms with Crippen LogP contribution < -0.4 is 5.32 Å². The molecule has 10 atom stereocenters. The van der Waals surface area contributed by atoms with Crippen LogP contribution in [0.1, 0.15) is 29.2 Å². The third kappa shape index (κ3) is 10.6. The normalized spacial score (nSPS) is 28.4. The number of amides is 1. The quantitative estimate of drug-likeness (QED) is 0.125. The van der Waals surface area contributed by atoms with Crippen LogP contribution in [-0.2, 0) is 64.4 Å². The molecule has 2 aliphatic heterocycles. The van der Waals surface area contributed by atoms with Gasteiger partial charge >= 0.3 is 0 Å². The Labute approximate surface area is 315 Å². The van der Waals surface area contributed by atoms with E-state index in [0.29, 0.717) is 0 Å². The first-order chi connectivity index (χ1) is 26.4. The molecule has 1 amide bonds. The number of aliphatic hydroxyl groups excluding tert-OH is 3. The fourth-order valence-corrected chi connectivity index (χ4v) is 6.75. The van der Waals surface area contributed by atoms with Crippen LogP contribution in [0.15, 0.2) is 121 Å². The molecule has 0 radical (unpaired) electrons. The van der Waals surface area contributed by atoms with Crippen molar-refractivity contribution in [3.8, 4) is 0 Å². The van der Waals surface area contributed by atoms with Crippen molar-refractivity contribution in [3.63, 3.8) is 0 Å².